The lowest BCUT2D eigenvalue weighted by atomic mass is 13.6. The molecule has 0 aliphatic rings. The van der Waals surface area contributed by atoms with Gasteiger partial charge in [-0.05, 0) is 0 Å². The molecule has 0 amide bonds. The normalized spacial score (nSPS) is 9.60. The zero-order valence-corrected chi connectivity index (χ0v) is 4.34. The third kappa shape index (κ3) is 4.57. The van der Waals surface area contributed by atoms with Crippen molar-refractivity contribution in [2.24, 2.45) is 5.90 Å². The molecule has 0 radical (unpaired) electrons. The Balaban J connectivity index is 2.54. The zero-order valence-electron chi connectivity index (χ0n) is 2.18. The smallest absolute Gasteiger partial charge is 0.394 e. The highest BCUT2D eigenvalue weighted by Gasteiger charge is 2.03. The molecule has 0 heterocycles. The highest BCUT2D eigenvalue weighted by molar-refractivity contribution is 2.96. The van der Waals surface area contributed by atoms with E-state index in [-0.39, 0.29) is 0 Å². The first kappa shape index (κ1) is 5.57. The molecular formula is H2INO3. The van der Waals surface area contributed by atoms with Gasteiger partial charge >= 0.3 is 21.1 Å². The lowest BCUT2D eigenvalue weighted by molar-refractivity contribution is -1.63. The second-order valence-electron chi connectivity index (χ2n) is 0.278. The molecule has 0 spiro atoms. The minimum absolute atomic E-state index is 3.30. The van der Waals surface area contributed by atoms with Crippen molar-refractivity contribution in [1.29, 1.82) is 0 Å². The molecule has 0 fully saturated rings. The van der Waals surface area contributed by atoms with E-state index in [1.807, 2.05) is 0 Å². The summed E-state index contributed by atoms with van der Waals surface area (Å²) in [4.78, 5) is 0. The van der Waals surface area contributed by atoms with E-state index in [1.165, 1.54) is 0 Å². The molecule has 0 saturated carbocycles. The second-order valence-corrected chi connectivity index (χ2v) is 1.87. The molecule has 0 atom stereocenters. The lowest BCUT2D eigenvalue weighted by Crippen LogP contribution is -3.99. The molecular weight excluding hydrogens is 189 g/mol. The van der Waals surface area contributed by atoms with Crippen LogP contribution in [-0.2, 0) is 3.17 Å². The van der Waals surface area contributed by atoms with Crippen molar-refractivity contribution in [2.45, 2.75) is 0 Å². The van der Waals surface area contributed by atoms with Crippen molar-refractivity contribution < 1.29 is 31.1 Å². The van der Waals surface area contributed by atoms with Crippen LogP contribution in [0, 0.1) is 0 Å². The summed E-state index contributed by atoms with van der Waals surface area (Å²) in [6.07, 6.45) is 0. The fraction of sp³-hybridized carbons (Fsp3) is 0. The Morgan fingerprint density at radius 1 is 1.60 bits per heavy atom. The molecule has 0 aliphatic heterocycles. The molecule has 0 aromatic heterocycles. The molecule has 5 heteroatoms. The maximum absolute atomic E-state index is 9.15. The van der Waals surface area contributed by atoms with Crippen molar-refractivity contribution in [3.63, 3.8) is 0 Å². The van der Waals surface area contributed by atoms with E-state index in [4.69, 9.17) is 6.87 Å². The monoisotopic (exact) mass is 191 g/mol. The Labute approximate surface area is 37.5 Å². The van der Waals surface area contributed by atoms with Crippen LogP contribution in [0.2, 0.25) is 0 Å². The summed E-state index contributed by atoms with van der Waals surface area (Å²) in [5, 5.41) is 0. The Kier molecular flexibility index (Phi) is 3.11. The third-order valence-corrected chi connectivity index (χ3v) is 0.488. The van der Waals surface area contributed by atoms with Crippen LogP contribution in [0.5, 0.6) is 0 Å². The molecule has 0 bridgehead atoms. The van der Waals surface area contributed by atoms with E-state index in [2.05, 4.69) is 9.06 Å². The third-order valence-electron chi connectivity index (χ3n) is 0.0727. The van der Waals surface area contributed by atoms with Gasteiger partial charge in [-0.15, -0.1) is 5.90 Å². The van der Waals surface area contributed by atoms with Crippen LogP contribution in [0.25, 0.3) is 0 Å². The summed E-state index contributed by atoms with van der Waals surface area (Å²) >= 11 is -3.50. The maximum atomic E-state index is 9.15. The Morgan fingerprint density at radius 3 is 1.80 bits per heavy atom. The number of rotatable bonds is 1. The number of hydrogen-bond acceptors (Lipinski definition) is 4. The van der Waals surface area contributed by atoms with Gasteiger partial charge in [0.25, 0.3) is 0 Å². The van der Waals surface area contributed by atoms with Crippen molar-refractivity contribution in [3.8, 4) is 0 Å². The van der Waals surface area contributed by atoms with Gasteiger partial charge in [0.15, 0.2) is 0 Å². The van der Waals surface area contributed by atoms with E-state index in [0.717, 1.165) is 0 Å². The predicted molar refractivity (Wildman–Crippen MR) is 5.27 cm³/mol. The molecule has 0 unspecified atom stereocenters. The first-order chi connectivity index (χ1) is 2.27. The molecule has 0 rings (SSSR count). The molecule has 5 heavy (non-hydrogen) atoms. The molecule has 4 nitrogen and oxygen atoms in total. The summed E-state index contributed by atoms with van der Waals surface area (Å²) in [7, 11) is 0. The number of halogens is 1. The summed E-state index contributed by atoms with van der Waals surface area (Å²) < 4.78 is 21.6. The molecule has 0 aromatic rings. The summed E-state index contributed by atoms with van der Waals surface area (Å²) in [6.45, 7) is 0. The van der Waals surface area contributed by atoms with Crippen LogP contribution in [0.15, 0.2) is 0 Å². The molecule has 2 N–H and O–H groups in total. The quantitative estimate of drug-likeness (QED) is 0.330. The van der Waals surface area contributed by atoms with E-state index in [1.54, 1.807) is 0 Å². The van der Waals surface area contributed by atoms with Crippen LogP contribution in [0.3, 0.4) is 0 Å². The Bertz CT molecular complexity index is 20.9. The number of hydrogen-bond donors (Lipinski definition) is 1. The average molecular weight is 191 g/mol. The minimum atomic E-state index is -3.50. The standard InChI is InChI=1S/H2INO3/c2-5-1(3)4/h2H2. The minimum Gasteiger partial charge on any atom is -0.394 e. The molecule has 0 aromatic carbocycles. The average Bonchev–Trinajstić information content (AvgIpc) is 1.38. The van der Waals surface area contributed by atoms with Gasteiger partial charge in [0.1, 0.15) is 0 Å². The summed E-state index contributed by atoms with van der Waals surface area (Å²) in [5.41, 5.74) is 0. The van der Waals surface area contributed by atoms with E-state index in [0.29, 0.717) is 0 Å². The topological polar surface area (TPSA) is 81.4 Å². The fourth-order valence-corrected chi connectivity index (χ4v) is 0. The second kappa shape index (κ2) is 2.79. The van der Waals surface area contributed by atoms with Gasteiger partial charge in [0, 0.05) is 0 Å². The molecule has 32 valence electrons. The van der Waals surface area contributed by atoms with E-state index in [9.17, 15) is 0 Å². The fourth-order valence-electron chi connectivity index (χ4n) is 0. The molecule has 0 aliphatic carbocycles. The zero-order chi connectivity index (χ0) is 4.28. The largest absolute Gasteiger partial charge is 0.531 e. The van der Waals surface area contributed by atoms with Gasteiger partial charge in [-0.3, -0.25) is 0 Å². The lowest BCUT2D eigenvalue weighted by Gasteiger charge is -1.76. The van der Waals surface area contributed by atoms with Crippen LogP contribution >= 0.6 is 0 Å². The van der Waals surface area contributed by atoms with Gasteiger partial charge in [-0.2, -0.15) is 0 Å². The van der Waals surface area contributed by atoms with Crippen LogP contribution in [0.1, 0.15) is 0 Å². The predicted octanol–water partition coefficient (Wildman–Crippen LogP) is -6.03. The van der Waals surface area contributed by atoms with Crippen LogP contribution in [-0.4, -0.2) is 0 Å². The Morgan fingerprint density at radius 2 is 1.80 bits per heavy atom. The van der Waals surface area contributed by atoms with Crippen LogP contribution in [0.4, 0.5) is 0 Å². The maximum Gasteiger partial charge on any atom is 0.531 e. The van der Waals surface area contributed by atoms with Crippen molar-refractivity contribution in [1.82, 2.24) is 0 Å². The Hall–Kier alpha value is 0.570. The highest BCUT2D eigenvalue weighted by atomic mass is 127. The van der Waals surface area contributed by atoms with E-state index >= 15 is 0 Å². The highest BCUT2D eigenvalue weighted by Crippen LogP contribution is 0.828. The summed E-state index contributed by atoms with van der Waals surface area (Å²) in [6, 6.07) is 0. The molecule has 0 saturated heterocycles. The first-order valence-electron chi connectivity index (χ1n) is 0.699. The van der Waals surface area contributed by atoms with Crippen molar-refractivity contribution in [2.75, 3.05) is 0 Å². The number of nitrogens with two attached hydrogens (primary N) is 1. The SMILES string of the molecule is NO[I+2]([O-])[O-]. The van der Waals surface area contributed by atoms with Crippen LogP contribution < -0.4 is 33.8 Å². The first-order valence-corrected chi connectivity index (χ1v) is 3.34. The van der Waals surface area contributed by atoms with Crippen molar-refractivity contribution in [3.05, 3.63) is 0 Å². The summed E-state index contributed by atoms with van der Waals surface area (Å²) in [5.74, 6) is 4.12. The van der Waals surface area contributed by atoms with Gasteiger partial charge in [0.2, 0.25) is 0 Å². The van der Waals surface area contributed by atoms with Gasteiger partial charge < -0.3 is 6.87 Å². The van der Waals surface area contributed by atoms with E-state index < -0.39 is 21.1 Å². The van der Waals surface area contributed by atoms with Crippen molar-refractivity contribution >= 4 is 0 Å². The van der Waals surface area contributed by atoms with Gasteiger partial charge in [-0.1, -0.05) is 0 Å². The van der Waals surface area contributed by atoms with Gasteiger partial charge in [0.05, 0.1) is 3.17 Å². The van der Waals surface area contributed by atoms with Gasteiger partial charge in [-0.25, -0.2) is 0 Å².